The van der Waals surface area contributed by atoms with Crippen LogP contribution in [0, 0.1) is 0 Å². The van der Waals surface area contributed by atoms with Gasteiger partial charge in [0.1, 0.15) is 23.5 Å². The van der Waals surface area contributed by atoms with E-state index in [9.17, 15) is 4.79 Å². The zero-order valence-electron chi connectivity index (χ0n) is 13.7. The Balaban J connectivity index is 1.60. The molecular weight excluding hydrogens is 392 g/mol. The van der Waals surface area contributed by atoms with E-state index >= 15 is 0 Å². The summed E-state index contributed by atoms with van der Waals surface area (Å²) >= 11 is 3.41. The second-order valence-electron chi connectivity index (χ2n) is 6.28. The third-order valence-electron chi connectivity index (χ3n) is 4.60. The van der Waals surface area contributed by atoms with Crippen molar-refractivity contribution in [3.05, 3.63) is 81.8 Å². The molecule has 0 amide bonds. The number of ether oxygens (including phenoxy) is 1. The highest BCUT2D eigenvalue weighted by Gasteiger charge is 2.23. The van der Waals surface area contributed by atoms with Gasteiger partial charge in [-0.05, 0) is 48.0 Å². The lowest BCUT2D eigenvalue weighted by Gasteiger charge is -2.19. The number of halogens is 1. The third kappa shape index (κ3) is 2.45. The molecule has 3 nitrogen and oxygen atoms in total. The minimum absolute atomic E-state index is 0.00435. The monoisotopic (exact) mass is 404 g/mol. The van der Waals surface area contributed by atoms with Crippen LogP contribution in [0.5, 0.6) is 5.75 Å². The molecule has 5 rings (SSSR count). The topological polar surface area (TPSA) is 39.4 Å². The Morgan fingerprint density at radius 1 is 0.923 bits per heavy atom. The minimum atomic E-state index is 0.00435. The van der Waals surface area contributed by atoms with E-state index in [1.54, 1.807) is 6.07 Å². The molecule has 3 aromatic carbocycles. The van der Waals surface area contributed by atoms with Crippen molar-refractivity contribution in [1.82, 2.24) is 0 Å². The first kappa shape index (κ1) is 15.4. The number of benzene rings is 3. The van der Waals surface area contributed by atoms with E-state index in [4.69, 9.17) is 9.15 Å². The zero-order valence-corrected chi connectivity index (χ0v) is 15.2. The molecule has 0 aliphatic carbocycles. The summed E-state index contributed by atoms with van der Waals surface area (Å²) in [6.45, 7) is 0.275. The van der Waals surface area contributed by atoms with Gasteiger partial charge >= 0.3 is 0 Å². The van der Waals surface area contributed by atoms with Crippen LogP contribution in [0.2, 0.25) is 0 Å². The fourth-order valence-electron chi connectivity index (χ4n) is 3.34. The summed E-state index contributed by atoms with van der Waals surface area (Å²) in [5, 5.41) is 2.12. The molecule has 0 N–H and O–H groups in total. The maximum Gasteiger partial charge on any atom is 0.196 e. The highest BCUT2D eigenvalue weighted by Crippen LogP contribution is 2.32. The average molecular weight is 405 g/mol. The Labute approximate surface area is 158 Å². The minimum Gasteiger partial charge on any atom is -0.488 e. The first-order chi connectivity index (χ1) is 12.7. The van der Waals surface area contributed by atoms with Crippen LogP contribution < -0.4 is 4.74 Å². The molecule has 0 spiro atoms. The summed E-state index contributed by atoms with van der Waals surface area (Å²) < 4.78 is 12.5. The SMILES string of the molecule is O=C1/C(=C/c2ccc3oc4ccccc4c3c2)COc2ccc(Br)cc21. The summed E-state index contributed by atoms with van der Waals surface area (Å²) in [7, 11) is 0. The summed E-state index contributed by atoms with van der Waals surface area (Å²) in [6.07, 6.45) is 1.90. The number of furan rings is 1. The molecule has 0 saturated carbocycles. The first-order valence-corrected chi connectivity index (χ1v) is 9.07. The fraction of sp³-hybridized carbons (Fsp3) is 0.0455. The molecule has 126 valence electrons. The van der Waals surface area contributed by atoms with Crippen molar-refractivity contribution in [1.29, 1.82) is 0 Å². The number of ketones is 1. The molecule has 0 radical (unpaired) electrons. The van der Waals surface area contributed by atoms with Gasteiger partial charge in [0.15, 0.2) is 5.78 Å². The van der Waals surface area contributed by atoms with Gasteiger partial charge in [-0.3, -0.25) is 4.79 Å². The molecule has 0 saturated heterocycles. The molecule has 0 fully saturated rings. The van der Waals surface area contributed by atoms with Gasteiger partial charge in [-0.25, -0.2) is 0 Å². The van der Waals surface area contributed by atoms with E-state index in [2.05, 4.69) is 22.0 Å². The predicted molar refractivity (Wildman–Crippen MR) is 106 cm³/mol. The van der Waals surface area contributed by atoms with Crippen LogP contribution in [0.4, 0.5) is 0 Å². The average Bonchev–Trinajstić information content (AvgIpc) is 3.02. The van der Waals surface area contributed by atoms with Gasteiger partial charge in [-0.2, -0.15) is 0 Å². The van der Waals surface area contributed by atoms with Crippen LogP contribution in [-0.2, 0) is 0 Å². The fourth-order valence-corrected chi connectivity index (χ4v) is 3.70. The van der Waals surface area contributed by atoms with Gasteiger partial charge in [0.2, 0.25) is 0 Å². The van der Waals surface area contributed by atoms with Gasteiger partial charge in [0.25, 0.3) is 0 Å². The molecule has 1 aromatic heterocycles. The lowest BCUT2D eigenvalue weighted by Crippen LogP contribution is -2.18. The number of carbonyl (C=O) groups is 1. The smallest absolute Gasteiger partial charge is 0.196 e. The summed E-state index contributed by atoms with van der Waals surface area (Å²) in [4.78, 5) is 12.8. The van der Waals surface area contributed by atoms with Crippen LogP contribution in [0.3, 0.4) is 0 Å². The van der Waals surface area contributed by atoms with Gasteiger partial charge < -0.3 is 9.15 Å². The molecule has 0 unspecified atom stereocenters. The molecular formula is C22H13BrO3. The lowest BCUT2D eigenvalue weighted by molar-refractivity contribution is 0.100. The summed E-state index contributed by atoms with van der Waals surface area (Å²) in [5.41, 5.74) is 3.89. The van der Waals surface area contributed by atoms with Crippen LogP contribution in [0.15, 0.2) is 75.1 Å². The van der Waals surface area contributed by atoms with Gasteiger partial charge in [0.05, 0.1) is 5.56 Å². The maximum atomic E-state index is 12.8. The Morgan fingerprint density at radius 3 is 2.69 bits per heavy atom. The molecule has 26 heavy (non-hydrogen) atoms. The van der Waals surface area contributed by atoms with Gasteiger partial charge in [-0.1, -0.05) is 40.2 Å². The molecule has 4 aromatic rings. The van der Waals surface area contributed by atoms with Crippen LogP contribution in [0.25, 0.3) is 28.0 Å². The molecule has 4 heteroatoms. The summed E-state index contributed by atoms with van der Waals surface area (Å²) in [6, 6.07) is 19.4. The Hall–Kier alpha value is -2.85. The van der Waals surface area contributed by atoms with E-state index in [0.717, 1.165) is 32.0 Å². The van der Waals surface area contributed by atoms with E-state index in [0.29, 0.717) is 16.9 Å². The van der Waals surface area contributed by atoms with Crippen LogP contribution in [-0.4, -0.2) is 12.4 Å². The van der Waals surface area contributed by atoms with Gasteiger partial charge in [-0.15, -0.1) is 0 Å². The zero-order chi connectivity index (χ0) is 17.7. The van der Waals surface area contributed by atoms with Crippen molar-refractivity contribution in [3.8, 4) is 5.75 Å². The van der Waals surface area contributed by atoms with E-state index in [1.807, 2.05) is 54.6 Å². The van der Waals surface area contributed by atoms with Crippen LogP contribution >= 0.6 is 15.9 Å². The van der Waals surface area contributed by atoms with Crippen molar-refractivity contribution in [3.63, 3.8) is 0 Å². The Morgan fingerprint density at radius 2 is 1.77 bits per heavy atom. The van der Waals surface area contributed by atoms with Crippen molar-refractivity contribution < 1.29 is 13.9 Å². The van der Waals surface area contributed by atoms with Crippen molar-refractivity contribution in [2.75, 3.05) is 6.61 Å². The quantitative estimate of drug-likeness (QED) is 0.364. The largest absolute Gasteiger partial charge is 0.488 e. The van der Waals surface area contributed by atoms with Gasteiger partial charge in [0, 0.05) is 20.8 Å². The van der Waals surface area contributed by atoms with E-state index in [1.165, 1.54) is 0 Å². The number of rotatable bonds is 1. The highest BCUT2D eigenvalue weighted by molar-refractivity contribution is 9.10. The standard InChI is InChI=1S/C22H13BrO3/c23-15-6-8-19-18(11-15)22(24)14(12-25-19)9-13-5-7-21-17(10-13)16-3-1-2-4-20(16)26-21/h1-11H,12H2/b14-9+. The molecule has 0 bridgehead atoms. The number of hydrogen-bond acceptors (Lipinski definition) is 3. The third-order valence-corrected chi connectivity index (χ3v) is 5.10. The molecule has 1 aliphatic heterocycles. The number of Topliss-reactive ketones (excluding diaryl/α,β-unsaturated/α-hetero) is 1. The van der Waals surface area contributed by atoms with E-state index < -0.39 is 0 Å². The highest BCUT2D eigenvalue weighted by atomic mass is 79.9. The Bertz CT molecular complexity index is 1220. The number of para-hydroxylation sites is 1. The molecule has 0 atom stereocenters. The van der Waals surface area contributed by atoms with Crippen molar-refractivity contribution >= 4 is 49.7 Å². The number of fused-ring (bicyclic) bond motifs is 4. The molecule has 2 heterocycles. The summed E-state index contributed by atoms with van der Waals surface area (Å²) in [5.74, 6) is 0.635. The number of carbonyl (C=O) groups excluding carboxylic acids is 1. The van der Waals surface area contributed by atoms with E-state index in [-0.39, 0.29) is 12.4 Å². The predicted octanol–water partition coefficient (Wildman–Crippen LogP) is 6.01. The van der Waals surface area contributed by atoms with Crippen molar-refractivity contribution in [2.45, 2.75) is 0 Å². The van der Waals surface area contributed by atoms with Crippen LogP contribution in [0.1, 0.15) is 15.9 Å². The second-order valence-corrected chi connectivity index (χ2v) is 7.20. The first-order valence-electron chi connectivity index (χ1n) is 8.28. The second kappa shape index (κ2) is 5.85. The Kier molecular flexibility index (Phi) is 3.47. The maximum absolute atomic E-state index is 12.8. The number of hydrogen-bond donors (Lipinski definition) is 0. The van der Waals surface area contributed by atoms with Crippen molar-refractivity contribution in [2.24, 2.45) is 0 Å². The lowest BCUT2D eigenvalue weighted by atomic mass is 9.98. The normalized spacial score (nSPS) is 15.4. The molecule has 1 aliphatic rings.